The van der Waals surface area contributed by atoms with Crippen LogP contribution in [-0.2, 0) is 4.43 Å². The van der Waals surface area contributed by atoms with Crippen LogP contribution in [0.25, 0.3) is 0 Å². The van der Waals surface area contributed by atoms with E-state index in [9.17, 15) is 0 Å². The van der Waals surface area contributed by atoms with E-state index in [0.29, 0.717) is 5.04 Å². The zero-order valence-corrected chi connectivity index (χ0v) is 21.1. The molecular formula is C22H36OSi3. The van der Waals surface area contributed by atoms with E-state index in [1.54, 1.807) is 10.4 Å². The monoisotopic (exact) mass is 400 g/mol. The highest BCUT2D eigenvalue weighted by Gasteiger charge is 2.36. The molecule has 26 heavy (non-hydrogen) atoms. The zero-order valence-electron chi connectivity index (χ0n) is 17.3. The first-order valence-corrected chi connectivity index (χ1v) is 16.0. The topological polar surface area (TPSA) is 9.23 Å². The largest absolute Gasteiger partial charge is 0.417 e. The SMILES string of the molecule is CC(C)(C)[Si](C)(C)OCCCC([SiH2]c1ccccc1)[SiH2]c1ccccc1. The molecule has 2 aromatic rings. The lowest BCUT2D eigenvalue weighted by molar-refractivity contribution is 0.280. The van der Waals surface area contributed by atoms with Gasteiger partial charge in [0.15, 0.2) is 8.32 Å². The first-order valence-electron chi connectivity index (χ1n) is 10.00. The Hall–Kier alpha value is -0.949. The summed E-state index contributed by atoms with van der Waals surface area (Å²) in [6, 6.07) is 22.4. The molecule has 0 spiro atoms. The zero-order chi connectivity index (χ0) is 19.0. The van der Waals surface area contributed by atoms with E-state index < -0.39 is 8.32 Å². The fourth-order valence-electron chi connectivity index (χ4n) is 3.09. The van der Waals surface area contributed by atoms with E-state index >= 15 is 0 Å². The molecule has 0 aliphatic rings. The standard InChI is InChI=1S/C22H36OSi3/c1-22(2,3)26(4,5)23-18-12-17-21(24-19-13-8-6-9-14-19)25-20-15-10-7-11-16-20/h6-11,13-16,21H,12,17-18,24-25H2,1-5H3. The lowest BCUT2D eigenvalue weighted by atomic mass is 10.2. The van der Waals surface area contributed by atoms with E-state index in [1.165, 1.54) is 12.8 Å². The molecule has 2 aromatic carbocycles. The Labute approximate surface area is 166 Å². The molecule has 0 saturated carbocycles. The van der Waals surface area contributed by atoms with Crippen molar-refractivity contribution in [1.29, 1.82) is 0 Å². The number of benzene rings is 2. The summed E-state index contributed by atoms with van der Waals surface area (Å²) >= 11 is 0. The van der Waals surface area contributed by atoms with Crippen LogP contribution in [-0.4, -0.2) is 34.0 Å². The molecule has 0 fully saturated rings. The third-order valence-electron chi connectivity index (χ3n) is 5.76. The molecule has 0 radical (unpaired) electrons. The summed E-state index contributed by atoms with van der Waals surface area (Å²) < 4.78 is 6.41. The predicted octanol–water partition coefficient (Wildman–Crippen LogP) is 3.52. The van der Waals surface area contributed by atoms with Crippen LogP contribution in [0, 0.1) is 0 Å². The molecule has 4 heteroatoms. The molecule has 0 unspecified atom stereocenters. The first-order chi connectivity index (χ1) is 12.3. The van der Waals surface area contributed by atoms with Gasteiger partial charge in [-0.05, 0) is 24.6 Å². The Morgan fingerprint density at radius 3 is 1.73 bits per heavy atom. The van der Waals surface area contributed by atoms with E-state index in [4.69, 9.17) is 4.43 Å². The average molecular weight is 401 g/mol. The average Bonchev–Trinajstić information content (AvgIpc) is 2.59. The van der Waals surface area contributed by atoms with Crippen molar-refractivity contribution in [3.8, 4) is 0 Å². The molecule has 2 rings (SSSR count). The molecule has 142 valence electrons. The third kappa shape index (κ3) is 6.99. The Kier molecular flexibility index (Phi) is 8.07. The van der Waals surface area contributed by atoms with Gasteiger partial charge in [-0.15, -0.1) is 0 Å². The minimum absolute atomic E-state index is 0.213. The summed E-state index contributed by atoms with van der Waals surface area (Å²) in [6.07, 6.45) is 2.56. The maximum absolute atomic E-state index is 6.41. The van der Waals surface area contributed by atoms with Gasteiger partial charge in [0.25, 0.3) is 0 Å². The number of hydrogen-bond donors (Lipinski definition) is 0. The minimum atomic E-state index is -1.60. The molecule has 1 nitrogen and oxygen atoms in total. The summed E-state index contributed by atoms with van der Waals surface area (Å²) in [4.78, 5) is 0. The Bertz CT molecular complexity index is 594. The molecule has 0 atom stereocenters. The van der Waals surface area contributed by atoms with Crippen molar-refractivity contribution in [1.82, 2.24) is 0 Å². The summed E-state index contributed by atoms with van der Waals surface area (Å²) in [5.74, 6) is 0. The van der Waals surface area contributed by atoms with Gasteiger partial charge >= 0.3 is 0 Å². The summed E-state index contributed by atoms with van der Waals surface area (Å²) in [7, 11) is -2.03. The normalized spacial score (nSPS) is 14.5. The summed E-state index contributed by atoms with van der Waals surface area (Å²) in [6.45, 7) is 12.6. The van der Waals surface area contributed by atoms with Gasteiger partial charge in [-0.25, -0.2) is 0 Å². The van der Waals surface area contributed by atoms with Gasteiger partial charge in [0.05, 0.1) is 19.0 Å². The molecule has 0 aliphatic carbocycles. The van der Waals surface area contributed by atoms with Gasteiger partial charge in [0, 0.05) is 6.61 Å². The Morgan fingerprint density at radius 2 is 1.31 bits per heavy atom. The van der Waals surface area contributed by atoms with Crippen LogP contribution in [0.4, 0.5) is 0 Å². The summed E-state index contributed by atoms with van der Waals surface area (Å²) in [5, 5.41) is 4.49. The van der Waals surface area contributed by atoms with Crippen LogP contribution in [0.15, 0.2) is 60.7 Å². The second-order valence-corrected chi connectivity index (χ2v) is 19.7. The van der Waals surface area contributed by atoms with E-state index in [1.807, 2.05) is 0 Å². The molecule has 0 aromatic heterocycles. The second kappa shape index (κ2) is 9.83. The summed E-state index contributed by atoms with van der Waals surface area (Å²) in [5.41, 5.74) is 0. The first kappa shape index (κ1) is 21.4. The highest BCUT2D eigenvalue weighted by atomic mass is 28.4. The molecule has 0 amide bonds. The highest BCUT2D eigenvalue weighted by molar-refractivity contribution is 6.74. The molecule has 0 aliphatic heterocycles. The Morgan fingerprint density at radius 1 is 0.846 bits per heavy atom. The van der Waals surface area contributed by atoms with Crippen molar-refractivity contribution < 1.29 is 4.43 Å². The van der Waals surface area contributed by atoms with Gasteiger partial charge < -0.3 is 4.43 Å². The van der Waals surface area contributed by atoms with Crippen LogP contribution in [0.5, 0.6) is 0 Å². The van der Waals surface area contributed by atoms with Crippen molar-refractivity contribution in [3.05, 3.63) is 60.7 Å². The molecular weight excluding hydrogens is 364 g/mol. The maximum atomic E-state index is 6.41. The van der Waals surface area contributed by atoms with Crippen molar-refractivity contribution in [3.63, 3.8) is 0 Å². The fourth-order valence-corrected chi connectivity index (χ4v) is 10.2. The maximum Gasteiger partial charge on any atom is 0.191 e. The molecule has 0 bridgehead atoms. The van der Waals surface area contributed by atoms with Gasteiger partial charge in [-0.2, -0.15) is 0 Å². The van der Waals surface area contributed by atoms with E-state index in [2.05, 4.69) is 94.5 Å². The second-order valence-electron chi connectivity index (χ2n) is 9.00. The van der Waals surface area contributed by atoms with Crippen LogP contribution in [0.3, 0.4) is 0 Å². The lowest BCUT2D eigenvalue weighted by Gasteiger charge is -2.36. The van der Waals surface area contributed by atoms with E-state index in [-0.39, 0.29) is 19.0 Å². The third-order valence-corrected chi connectivity index (χ3v) is 15.9. The molecule has 0 N–H and O–H groups in total. The van der Waals surface area contributed by atoms with Gasteiger partial charge in [0.2, 0.25) is 0 Å². The minimum Gasteiger partial charge on any atom is -0.417 e. The quantitative estimate of drug-likeness (QED) is 0.462. The highest BCUT2D eigenvalue weighted by Crippen LogP contribution is 2.36. The van der Waals surface area contributed by atoms with Crippen LogP contribution in [0.2, 0.25) is 23.3 Å². The van der Waals surface area contributed by atoms with Crippen molar-refractivity contribution in [2.45, 2.75) is 56.9 Å². The fraction of sp³-hybridized carbons (Fsp3) is 0.455. The number of hydrogen-bond acceptors (Lipinski definition) is 1. The molecule has 0 saturated heterocycles. The smallest absolute Gasteiger partial charge is 0.191 e. The lowest BCUT2D eigenvalue weighted by Crippen LogP contribution is -2.41. The Balaban J connectivity index is 1.91. The predicted molar refractivity (Wildman–Crippen MR) is 125 cm³/mol. The van der Waals surface area contributed by atoms with Gasteiger partial charge in [-0.1, -0.05) is 103 Å². The van der Waals surface area contributed by atoms with Crippen molar-refractivity contribution in [2.75, 3.05) is 6.61 Å². The van der Waals surface area contributed by atoms with Gasteiger partial charge in [0.1, 0.15) is 0 Å². The van der Waals surface area contributed by atoms with Crippen LogP contribution in [0.1, 0.15) is 33.6 Å². The van der Waals surface area contributed by atoms with E-state index in [0.717, 1.165) is 11.8 Å². The number of rotatable bonds is 9. The van der Waals surface area contributed by atoms with Crippen LogP contribution < -0.4 is 10.4 Å². The van der Waals surface area contributed by atoms with Crippen LogP contribution >= 0.6 is 0 Å². The van der Waals surface area contributed by atoms with Crippen molar-refractivity contribution >= 4 is 37.7 Å². The van der Waals surface area contributed by atoms with Gasteiger partial charge in [-0.3, -0.25) is 0 Å². The molecule has 0 heterocycles. The van der Waals surface area contributed by atoms with Crippen molar-refractivity contribution in [2.24, 2.45) is 0 Å².